The molecule has 4 heteroatoms. The van der Waals surface area contributed by atoms with E-state index in [1.807, 2.05) is 19.1 Å². The molecule has 0 aliphatic heterocycles. The summed E-state index contributed by atoms with van der Waals surface area (Å²) in [6, 6.07) is 9.11. The Balaban J connectivity index is 1.51. The van der Waals surface area contributed by atoms with E-state index in [2.05, 4.69) is 29.4 Å². The van der Waals surface area contributed by atoms with Gasteiger partial charge in [0.25, 0.3) is 0 Å². The van der Waals surface area contributed by atoms with Crippen molar-refractivity contribution in [2.75, 3.05) is 7.11 Å². The van der Waals surface area contributed by atoms with Gasteiger partial charge in [-0.3, -0.25) is 0 Å². The third-order valence-corrected chi connectivity index (χ3v) is 4.22. The molecule has 1 aromatic carbocycles. The molecule has 2 aromatic rings. The molecule has 0 radical (unpaired) electrons. The minimum atomic E-state index is 0.167. The maximum atomic E-state index is 5.56. The van der Waals surface area contributed by atoms with E-state index in [1.54, 1.807) is 13.3 Å². The first-order chi connectivity index (χ1) is 10.2. The lowest BCUT2D eigenvalue weighted by atomic mass is 9.75. The summed E-state index contributed by atoms with van der Waals surface area (Å²) in [5, 5.41) is 3.59. The Bertz CT molecular complexity index is 585. The van der Waals surface area contributed by atoms with Gasteiger partial charge in [-0.05, 0) is 50.3 Å². The highest BCUT2D eigenvalue weighted by Gasteiger charge is 2.31. The lowest BCUT2D eigenvalue weighted by Crippen LogP contribution is -2.41. The number of aromatic nitrogens is 1. The number of nitrogens with one attached hydrogen (secondary N) is 1. The zero-order valence-electron chi connectivity index (χ0n) is 12.8. The normalized spacial score (nSPS) is 22.6. The summed E-state index contributed by atoms with van der Waals surface area (Å²) in [5.74, 6) is 3.20. The van der Waals surface area contributed by atoms with Gasteiger partial charge in [0.1, 0.15) is 11.5 Å². The van der Waals surface area contributed by atoms with Crippen LogP contribution in [-0.2, 0) is 0 Å². The maximum Gasteiger partial charge on any atom is 0.211 e. The van der Waals surface area contributed by atoms with Crippen LogP contribution in [0, 0.1) is 6.92 Å². The van der Waals surface area contributed by atoms with Crippen LogP contribution in [-0.4, -0.2) is 18.1 Å². The third-order valence-electron chi connectivity index (χ3n) is 4.22. The number of hydrogen-bond donors (Lipinski definition) is 1. The molecule has 1 unspecified atom stereocenters. The summed E-state index contributed by atoms with van der Waals surface area (Å²) < 4.78 is 10.8. The van der Waals surface area contributed by atoms with Crippen LogP contribution in [0.1, 0.15) is 48.9 Å². The fourth-order valence-electron chi connectivity index (χ4n) is 2.90. The predicted molar refractivity (Wildman–Crippen MR) is 81.5 cm³/mol. The van der Waals surface area contributed by atoms with E-state index in [1.165, 1.54) is 5.56 Å². The molecule has 21 heavy (non-hydrogen) atoms. The number of rotatable bonds is 5. The molecule has 0 bridgehead atoms. The number of aryl methyl sites for hydroxylation is 1. The molecule has 1 N–H and O–H groups in total. The van der Waals surface area contributed by atoms with Crippen LogP contribution in [0.4, 0.5) is 0 Å². The summed E-state index contributed by atoms with van der Waals surface area (Å²) in [7, 11) is 1.70. The van der Waals surface area contributed by atoms with E-state index in [9.17, 15) is 0 Å². The monoisotopic (exact) mass is 286 g/mol. The standard InChI is InChI=1S/C17H22N2O2/c1-11-10-18-17(21-11)12(2)19-15-8-14(9-15)13-4-6-16(20-3)7-5-13/h4-7,10,12,14-15,19H,8-9H2,1-3H3. The van der Waals surface area contributed by atoms with Crippen LogP contribution in [0.15, 0.2) is 34.9 Å². The third kappa shape index (κ3) is 3.10. The minimum Gasteiger partial charge on any atom is -0.497 e. The van der Waals surface area contributed by atoms with Gasteiger partial charge in [-0.25, -0.2) is 4.98 Å². The van der Waals surface area contributed by atoms with Crippen molar-refractivity contribution in [2.24, 2.45) is 0 Å². The van der Waals surface area contributed by atoms with E-state index >= 15 is 0 Å². The summed E-state index contributed by atoms with van der Waals surface area (Å²) >= 11 is 0. The number of benzene rings is 1. The smallest absolute Gasteiger partial charge is 0.211 e. The lowest BCUT2D eigenvalue weighted by Gasteiger charge is -2.37. The van der Waals surface area contributed by atoms with Crippen LogP contribution in [0.25, 0.3) is 0 Å². The molecule has 1 fully saturated rings. The molecule has 1 aromatic heterocycles. The lowest BCUT2D eigenvalue weighted by molar-refractivity contribution is 0.254. The molecular formula is C17H22N2O2. The predicted octanol–water partition coefficient (Wildman–Crippen LogP) is 3.59. The number of hydrogen-bond acceptors (Lipinski definition) is 4. The molecule has 1 atom stereocenters. The molecule has 0 spiro atoms. The van der Waals surface area contributed by atoms with E-state index in [-0.39, 0.29) is 6.04 Å². The topological polar surface area (TPSA) is 47.3 Å². The fourth-order valence-corrected chi connectivity index (χ4v) is 2.90. The highest BCUT2D eigenvalue weighted by molar-refractivity contribution is 5.31. The van der Waals surface area contributed by atoms with Crippen molar-refractivity contribution in [3.63, 3.8) is 0 Å². The molecule has 1 aliphatic rings. The minimum absolute atomic E-state index is 0.167. The molecule has 4 nitrogen and oxygen atoms in total. The Hall–Kier alpha value is -1.81. The summed E-state index contributed by atoms with van der Waals surface area (Å²) in [6.45, 7) is 4.03. The second-order valence-electron chi connectivity index (χ2n) is 5.84. The van der Waals surface area contributed by atoms with E-state index < -0.39 is 0 Å². The zero-order valence-corrected chi connectivity index (χ0v) is 12.8. The first kappa shape index (κ1) is 14.1. The van der Waals surface area contributed by atoms with Gasteiger partial charge in [0.2, 0.25) is 5.89 Å². The van der Waals surface area contributed by atoms with Crippen molar-refractivity contribution < 1.29 is 9.15 Å². The van der Waals surface area contributed by atoms with Crippen LogP contribution in [0.2, 0.25) is 0 Å². The van der Waals surface area contributed by atoms with Gasteiger partial charge < -0.3 is 14.5 Å². The second kappa shape index (κ2) is 5.90. The number of nitrogens with zero attached hydrogens (tertiary/aromatic N) is 1. The molecule has 0 amide bonds. The molecule has 1 heterocycles. The van der Waals surface area contributed by atoms with Crippen molar-refractivity contribution in [1.29, 1.82) is 0 Å². The van der Waals surface area contributed by atoms with Crippen LogP contribution < -0.4 is 10.1 Å². The van der Waals surface area contributed by atoms with Gasteiger partial charge in [-0.15, -0.1) is 0 Å². The van der Waals surface area contributed by atoms with Crippen molar-refractivity contribution in [1.82, 2.24) is 10.3 Å². The molecule has 3 rings (SSSR count). The van der Waals surface area contributed by atoms with Crippen molar-refractivity contribution in [3.8, 4) is 5.75 Å². The van der Waals surface area contributed by atoms with Gasteiger partial charge in [0, 0.05) is 6.04 Å². The van der Waals surface area contributed by atoms with Gasteiger partial charge in [-0.2, -0.15) is 0 Å². The van der Waals surface area contributed by atoms with Crippen LogP contribution in [0.5, 0.6) is 5.75 Å². The summed E-state index contributed by atoms with van der Waals surface area (Å²) in [5.41, 5.74) is 1.40. The highest BCUT2D eigenvalue weighted by atomic mass is 16.5. The van der Waals surface area contributed by atoms with Crippen LogP contribution >= 0.6 is 0 Å². The second-order valence-corrected chi connectivity index (χ2v) is 5.84. The Kier molecular flexibility index (Phi) is 3.97. The van der Waals surface area contributed by atoms with Crippen molar-refractivity contribution in [3.05, 3.63) is 47.7 Å². The quantitative estimate of drug-likeness (QED) is 0.912. The Morgan fingerprint density at radius 1 is 1.29 bits per heavy atom. The fraction of sp³-hybridized carbons (Fsp3) is 0.471. The van der Waals surface area contributed by atoms with Crippen LogP contribution in [0.3, 0.4) is 0 Å². The van der Waals surface area contributed by atoms with E-state index in [0.29, 0.717) is 12.0 Å². The maximum absolute atomic E-state index is 5.56. The summed E-state index contributed by atoms with van der Waals surface area (Å²) in [4.78, 5) is 4.28. The average Bonchev–Trinajstić information content (AvgIpc) is 2.89. The largest absolute Gasteiger partial charge is 0.497 e. The Labute approximate surface area is 125 Å². The van der Waals surface area contributed by atoms with Gasteiger partial charge in [0.15, 0.2) is 0 Å². The number of ether oxygens (including phenoxy) is 1. The Morgan fingerprint density at radius 2 is 2.00 bits per heavy atom. The first-order valence-corrected chi connectivity index (χ1v) is 7.48. The summed E-state index contributed by atoms with van der Waals surface area (Å²) in [6.07, 6.45) is 4.10. The van der Waals surface area contributed by atoms with Crippen molar-refractivity contribution >= 4 is 0 Å². The van der Waals surface area contributed by atoms with Gasteiger partial charge in [0.05, 0.1) is 19.3 Å². The Morgan fingerprint density at radius 3 is 2.57 bits per heavy atom. The molecular weight excluding hydrogens is 264 g/mol. The van der Waals surface area contributed by atoms with E-state index in [4.69, 9.17) is 9.15 Å². The van der Waals surface area contributed by atoms with E-state index in [0.717, 1.165) is 30.2 Å². The molecule has 112 valence electrons. The molecule has 1 saturated carbocycles. The number of oxazole rings is 1. The van der Waals surface area contributed by atoms with Gasteiger partial charge >= 0.3 is 0 Å². The van der Waals surface area contributed by atoms with Gasteiger partial charge in [-0.1, -0.05) is 12.1 Å². The molecule has 0 saturated heterocycles. The zero-order chi connectivity index (χ0) is 14.8. The molecule has 1 aliphatic carbocycles. The SMILES string of the molecule is COc1ccc(C2CC(NC(C)c3ncc(C)o3)C2)cc1. The number of methoxy groups -OCH3 is 1. The average molecular weight is 286 g/mol. The highest BCUT2D eigenvalue weighted by Crippen LogP contribution is 2.38. The van der Waals surface area contributed by atoms with Crippen molar-refractivity contribution in [2.45, 2.75) is 44.7 Å². The first-order valence-electron chi connectivity index (χ1n) is 7.48.